The molecule has 2 fully saturated rings. The molecule has 1 aliphatic carbocycles. The smallest absolute Gasteiger partial charge is 0.244 e. The molecule has 1 N–H and O–H groups in total. The van der Waals surface area contributed by atoms with E-state index in [0.717, 1.165) is 25.0 Å². The van der Waals surface area contributed by atoms with Crippen molar-refractivity contribution < 1.29 is 4.79 Å². The van der Waals surface area contributed by atoms with E-state index >= 15 is 0 Å². The Bertz CT molecular complexity index is 524. The predicted octanol–water partition coefficient (Wildman–Crippen LogP) is 3.10. The molecule has 4 heteroatoms. The van der Waals surface area contributed by atoms with E-state index in [1.165, 1.54) is 11.1 Å². The first kappa shape index (κ1) is 14.9. The summed E-state index contributed by atoms with van der Waals surface area (Å²) < 4.78 is 0. The van der Waals surface area contributed by atoms with Gasteiger partial charge in [0.25, 0.3) is 0 Å². The van der Waals surface area contributed by atoms with Gasteiger partial charge in [-0.25, -0.2) is 0 Å². The van der Waals surface area contributed by atoms with Gasteiger partial charge in [-0.15, -0.1) is 0 Å². The van der Waals surface area contributed by atoms with Gasteiger partial charge in [0.05, 0.1) is 0 Å². The topological polar surface area (TPSA) is 32.3 Å². The van der Waals surface area contributed by atoms with Crippen LogP contribution < -0.4 is 5.32 Å². The summed E-state index contributed by atoms with van der Waals surface area (Å²) in [5, 5.41) is 3.60. The summed E-state index contributed by atoms with van der Waals surface area (Å²) in [6.45, 7) is 4.27. The number of rotatable bonds is 5. The molecule has 1 aromatic carbocycles. The summed E-state index contributed by atoms with van der Waals surface area (Å²) in [5.41, 5.74) is 2.21. The van der Waals surface area contributed by atoms with Crippen LogP contribution in [-0.4, -0.2) is 34.4 Å². The average Bonchev–Trinajstić information content (AvgIpc) is 3.19. The Balaban J connectivity index is 1.85. The molecule has 2 atom stereocenters. The molecular formula is C17H24N2OS. The Morgan fingerprint density at radius 1 is 1.38 bits per heavy atom. The van der Waals surface area contributed by atoms with Gasteiger partial charge in [-0.1, -0.05) is 29.8 Å². The molecule has 0 radical (unpaired) electrons. The number of amides is 1. The number of carbonyl (C=O) groups excluding carboxylic acids is 1. The summed E-state index contributed by atoms with van der Waals surface area (Å²) in [6, 6.07) is 8.84. The van der Waals surface area contributed by atoms with Crippen molar-refractivity contribution in [3.63, 3.8) is 0 Å². The lowest BCUT2D eigenvalue weighted by molar-refractivity contribution is -0.132. The molecule has 114 valence electrons. The van der Waals surface area contributed by atoms with Gasteiger partial charge in [-0.2, -0.15) is 11.8 Å². The number of hydrogen-bond acceptors (Lipinski definition) is 3. The van der Waals surface area contributed by atoms with E-state index in [9.17, 15) is 4.79 Å². The minimum atomic E-state index is -0.247. The van der Waals surface area contributed by atoms with Crippen LogP contribution in [0.3, 0.4) is 0 Å². The summed E-state index contributed by atoms with van der Waals surface area (Å²) >= 11 is 1.85. The van der Waals surface area contributed by atoms with Crippen LogP contribution in [0.2, 0.25) is 0 Å². The van der Waals surface area contributed by atoms with Crippen molar-refractivity contribution in [2.24, 2.45) is 0 Å². The third-order valence-electron chi connectivity index (χ3n) is 4.69. The molecule has 2 unspecified atom stereocenters. The summed E-state index contributed by atoms with van der Waals surface area (Å²) in [7, 11) is 0. The molecule has 3 nitrogen and oxygen atoms in total. The zero-order valence-electron chi connectivity index (χ0n) is 13.1. The van der Waals surface area contributed by atoms with Crippen LogP contribution in [0.25, 0.3) is 0 Å². The van der Waals surface area contributed by atoms with Crippen LogP contribution in [0.5, 0.6) is 0 Å². The average molecular weight is 304 g/mol. The van der Waals surface area contributed by atoms with Crippen LogP contribution in [-0.2, 0) is 4.79 Å². The standard InChI is InChI=1S/C17H24N2OS/c1-12-4-6-14(7-5-12)15-18-17(9-10-17)16(20)19(15)13(2)8-11-21-3/h4-7,13,15,18H,8-11H2,1-3H3. The lowest BCUT2D eigenvalue weighted by atomic mass is 10.1. The van der Waals surface area contributed by atoms with Gasteiger partial charge < -0.3 is 4.90 Å². The number of aryl methyl sites for hydroxylation is 1. The Morgan fingerprint density at radius 3 is 2.62 bits per heavy atom. The highest BCUT2D eigenvalue weighted by Gasteiger charge is 2.60. The minimum absolute atomic E-state index is 0.0393. The van der Waals surface area contributed by atoms with Gasteiger partial charge in [0.2, 0.25) is 5.91 Å². The first-order valence-electron chi connectivity index (χ1n) is 7.73. The fourth-order valence-electron chi connectivity index (χ4n) is 3.12. The van der Waals surface area contributed by atoms with E-state index in [0.29, 0.717) is 5.91 Å². The maximum Gasteiger partial charge on any atom is 0.244 e. The lowest BCUT2D eigenvalue weighted by Crippen LogP contribution is -2.39. The summed E-state index contributed by atoms with van der Waals surface area (Å²) in [5.74, 6) is 1.40. The zero-order chi connectivity index (χ0) is 15.0. The molecule has 1 aliphatic heterocycles. The fraction of sp³-hybridized carbons (Fsp3) is 0.588. The van der Waals surface area contributed by atoms with Crippen LogP contribution in [0.1, 0.15) is 43.5 Å². The number of benzene rings is 1. The molecule has 1 amide bonds. The van der Waals surface area contributed by atoms with Crippen molar-refractivity contribution in [3.05, 3.63) is 35.4 Å². The van der Waals surface area contributed by atoms with Crippen molar-refractivity contribution in [1.82, 2.24) is 10.2 Å². The van der Waals surface area contributed by atoms with Gasteiger partial charge in [-0.3, -0.25) is 10.1 Å². The van der Waals surface area contributed by atoms with Crippen LogP contribution >= 0.6 is 11.8 Å². The molecule has 1 saturated carbocycles. The Kier molecular flexibility index (Phi) is 4.02. The molecular weight excluding hydrogens is 280 g/mol. The molecule has 1 spiro atoms. The molecule has 0 aromatic heterocycles. The highest BCUT2D eigenvalue weighted by molar-refractivity contribution is 7.98. The van der Waals surface area contributed by atoms with Gasteiger partial charge in [0, 0.05) is 6.04 Å². The number of nitrogens with zero attached hydrogens (tertiary/aromatic N) is 1. The molecule has 1 saturated heterocycles. The summed E-state index contributed by atoms with van der Waals surface area (Å²) in [6.07, 6.45) is 5.18. The number of nitrogens with one attached hydrogen (secondary N) is 1. The van der Waals surface area contributed by atoms with Crippen LogP contribution in [0, 0.1) is 6.92 Å². The number of hydrogen-bond donors (Lipinski definition) is 1. The molecule has 2 aliphatic rings. The Hall–Kier alpha value is -1.00. The quantitative estimate of drug-likeness (QED) is 0.907. The first-order chi connectivity index (χ1) is 10.1. The third-order valence-corrected chi connectivity index (χ3v) is 5.34. The van der Waals surface area contributed by atoms with Crippen molar-refractivity contribution in [1.29, 1.82) is 0 Å². The molecule has 3 rings (SSSR count). The monoisotopic (exact) mass is 304 g/mol. The predicted molar refractivity (Wildman–Crippen MR) is 88.3 cm³/mol. The normalized spacial score (nSPS) is 24.6. The van der Waals surface area contributed by atoms with E-state index in [2.05, 4.69) is 54.6 Å². The lowest BCUT2D eigenvalue weighted by Gasteiger charge is -2.30. The first-order valence-corrected chi connectivity index (χ1v) is 9.13. The zero-order valence-corrected chi connectivity index (χ0v) is 13.9. The van der Waals surface area contributed by atoms with Gasteiger partial charge >= 0.3 is 0 Å². The van der Waals surface area contributed by atoms with E-state index in [4.69, 9.17) is 0 Å². The van der Waals surface area contributed by atoms with Gasteiger partial charge in [0.1, 0.15) is 11.7 Å². The van der Waals surface area contributed by atoms with Crippen LogP contribution in [0.4, 0.5) is 0 Å². The van der Waals surface area contributed by atoms with E-state index in [1.807, 2.05) is 11.8 Å². The maximum atomic E-state index is 12.8. The Morgan fingerprint density at radius 2 is 2.05 bits per heavy atom. The molecule has 21 heavy (non-hydrogen) atoms. The SMILES string of the molecule is CSCCC(C)N1C(=O)C2(CC2)NC1c1ccc(C)cc1. The molecule has 1 aromatic rings. The molecule has 0 bridgehead atoms. The third kappa shape index (κ3) is 2.71. The number of carbonyl (C=O) groups is 1. The van der Waals surface area contributed by atoms with E-state index < -0.39 is 0 Å². The van der Waals surface area contributed by atoms with E-state index in [1.54, 1.807) is 0 Å². The minimum Gasteiger partial charge on any atom is -0.319 e. The van der Waals surface area contributed by atoms with Gasteiger partial charge in [0.15, 0.2) is 0 Å². The highest BCUT2D eigenvalue weighted by Crippen LogP contribution is 2.47. The van der Waals surface area contributed by atoms with Crippen molar-refractivity contribution in [2.75, 3.05) is 12.0 Å². The second-order valence-electron chi connectivity index (χ2n) is 6.38. The van der Waals surface area contributed by atoms with Gasteiger partial charge in [-0.05, 0) is 50.7 Å². The Labute approximate surface area is 131 Å². The second kappa shape index (κ2) is 5.65. The van der Waals surface area contributed by atoms with Crippen molar-refractivity contribution in [2.45, 2.75) is 50.9 Å². The van der Waals surface area contributed by atoms with Crippen molar-refractivity contribution >= 4 is 17.7 Å². The van der Waals surface area contributed by atoms with Crippen LogP contribution in [0.15, 0.2) is 24.3 Å². The molecule has 1 heterocycles. The second-order valence-corrected chi connectivity index (χ2v) is 7.37. The fourth-order valence-corrected chi connectivity index (χ4v) is 3.69. The van der Waals surface area contributed by atoms with E-state index in [-0.39, 0.29) is 17.7 Å². The highest BCUT2D eigenvalue weighted by atomic mass is 32.2. The largest absolute Gasteiger partial charge is 0.319 e. The number of thioether (sulfide) groups is 1. The van der Waals surface area contributed by atoms with Crippen molar-refractivity contribution in [3.8, 4) is 0 Å². The summed E-state index contributed by atoms with van der Waals surface area (Å²) in [4.78, 5) is 14.9. The maximum absolute atomic E-state index is 12.8.